The van der Waals surface area contributed by atoms with E-state index in [1.807, 2.05) is 0 Å². The molecule has 1 aromatic carbocycles. The molecule has 0 heterocycles. The molecule has 0 bridgehead atoms. The number of ether oxygens (including phenoxy) is 1. The molecular weight excluding hydrogens is 203 g/mol. The van der Waals surface area contributed by atoms with Crippen molar-refractivity contribution in [3.63, 3.8) is 0 Å². The molecule has 1 unspecified atom stereocenters. The first-order valence-electron chi connectivity index (χ1n) is 4.22. The first-order chi connectivity index (χ1) is 6.97. The lowest BCUT2D eigenvalue weighted by molar-refractivity contribution is -0.150. The first-order valence-corrected chi connectivity index (χ1v) is 4.22. The molecule has 0 aliphatic heterocycles. The van der Waals surface area contributed by atoms with E-state index in [9.17, 15) is 14.3 Å². The average Bonchev–Trinajstić information content (AvgIpc) is 2.21. The molecular formula is C10H11FO4. The van der Waals surface area contributed by atoms with Crippen molar-refractivity contribution in [2.24, 2.45) is 0 Å². The van der Waals surface area contributed by atoms with E-state index >= 15 is 0 Å². The van der Waals surface area contributed by atoms with E-state index in [1.54, 1.807) is 0 Å². The number of benzene rings is 1. The zero-order valence-electron chi connectivity index (χ0n) is 8.32. The minimum Gasteiger partial charge on any atom is -0.508 e. The van der Waals surface area contributed by atoms with E-state index in [-0.39, 0.29) is 11.3 Å². The topological polar surface area (TPSA) is 66.8 Å². The van der Waals surface area contributed by atoms with Crippen LogP contribution in [0.1, 0.15) is 17.2 Å². The van der Waals surface area contributed by atoms with Gasteiger partial charge >= 0.3 is 5.97 Å². The summed E-state index contributed by atoms with van der Waals surface area (Å²) in [5.41, 5.74) is 0.159. The molecule has 0 aromatic heterocycles. The van der Waals surface area contributed by atoms with Gasteiger partial charge in [0.1, 0.15) is 11.6 Å². The molecule has 0 saturated heterocycles. The number of aryl methyl sites for hydroxylation is 1. The number of hydrogen-bond donors (Lipinski definition) is 2. The van der Waals surface area contributed by atoms with Crippen LogP contribution in [0.5, 0.6) is 5.75 Å². The van der Waals surface area contributed by atoms with Gasteiger partial charge in [0.15, 0.2) is 6.10 Å². The summed E-state index contributed by atoms with van der Waals surface area (Å²) in [5, 5.41) is 18.6. The first kappa shape index (κ1) is 11.5. The second-order valence-corrected chi connectivity index (χ2v) is 3.09. The molecule has 1 aromatic rings. The van der Waals surface area contributed by atoms with Crippen molar-refractivity contribution in [3.05, 3.63) is 29.1 Å². The second-order valence-electron chi connectivity index (χ2n) is 3.09. The summed E-state index contributed by atoms with van der Waals surface area (Å²) in [5.74, 6) is -2.02. The Kier molecular flexibility index (Phi) is 3.26. The third-order valence-electron chi connectivity index (χ3n) is 2.03. The molecule has 0 aliphatic carbocycles. The lowest BCUT2D eigenvalue weighted by atomic mass is 10.1. The van der Waals surface area contributed by atoms with E-state index in [2.05, 4.69) is 4.74 Å². The van der Waals surface area contributed by atoms with Crippen LogP contribution in [0.2, 0.25) is 0 Å². The molecule has 0 spiro atoms. The summed E-state index contributed by atoms with van der Waals surface area (Å²) < 4.78 is 17.5. The van der Waals surface area contributed by atoms with Crippen LogP contribution in [-0.2, 0) is 9.53 Å². The van der Waals surface area contributed by atoms with Gasteiger partial charge in [0.05, 0.1) is 7.11 Å². The molecule has 0 fully saturated rings. The van der Waals surface area contributed by atoms with E-state index in [1.165, 1.54) is 13.0 Å². The van der Waals surface area contributed by atoms with Crippen molar-refractivity contribution < 1.29 is 24.1 Å². The summed E-state index contributed by atoms with van der Waals surface area (Å²) in [6.07, 6.45) is -1.67. The van der Waals surface area contributed by atoms with Gasteiger partial charge in [-0.05, 0) is 18.6 Å². The van der Waals surface area contributed by atoms with Gasteiger partial charge in [0.2, 0.25) is 0 Å². The van der Waals surface area contributed by atoms with Crippen molar-refractivity contribution in [1.82, 2.24) is 0 Å². The fourth-order valence-electron chi connectivity index (χ4n) is 1.14. The highest BCUT2D eigenvalue weighted by Gasteiger charge is 2.22. The summed E-state index contributed by atoms with van der Waals surface area (Å²) in [7, 11) is 1.09. The molecule has 2 N–H and O–H groups in total. The number of esters is 1. The number of aliphatic hydroxyl groups is 1. The van der Waals surface area contributed by atoms with Gasteiger partial charge in [-0.15, -0.1) is 0 Å². The van der Waals surface area contributed by atoms with Crippen molar-refractivity contribution in [2.45, 2.75) is 13.0 Å². The molecule has 1 rings (SSSR count). The maximum absolute atomic E-state index is 13.2. The highest BCUT2D eigenvalue weighted by molar-refractivity contribution is 5.76. The Bertz CT molecular complexity index is 389. The molecule has 15 heavy (non-hydrogen) atoms. The van der Waals surface area contributed by atoms with Gasteiger partial charge in [-0.25, -0.2) is 9.18 Å². The van der Waals surface area contributed by atoms with Crippen molar-refractivity contribution >= 4 is 5.97 Å². The van der Waals surface area contributed by atoms with E-state index in [4.69, 9.17) is 5.11 Å². The van der Waals surface area contributed by atoms with Crippen LogP contribution in [0.3, 0.4) is 0 Å². The lowest BCUT2D eigenvalue weighted by Crippen LogP contribution is -2.15. The summed E-state index contributed by atoms with van der Waals surface area (Å²) in [6, 6.07) is 2.04. The Labute approximate surface area is 85.9 Å². The van der Waals surface area contributed by atoms with Crippen LogP contribution in [-0.4, -0.2) is 23.3 Å². The molecule has 0 radical (unpaired) electrons. The van der Waals surface area contributed by atoms with Gasteiger partial charge < -0.3 is 14.9 Å². The number of halogens is 1. The SMILES string of the molecule is COC(=O)C(O)c1cc(C)c(O)cc1F. The largest absolute Gasteiger partial charge is 0.508 e. The third kappa shape index (κ3) is 2.24. The highest BCUT2D eigenvalue weighted by Crippen LogP contribution is 2.25. The highest BCUT2D eigenvalue weighted by atomic mass is 19.1. The van der Waals surface area contributed by atoms with Crippen LogP contribution < -0.4 is 0 Å². The predicted molar refractivity (Wildman–Crippen MR) is 49.8 cm³/mol. The van der Waals surface area contributed by atoms with E-state index in [0.717, 1.165) is 13.2 Å². The fraction of sp³-hybridized carbons (Fsp3) is 0.300. The summed E-state index contributed by atoms with van der Waals surface area (Å²) in [4.78, 5) is 11.0. The van der Waals surface area contributed by atoms with Crippen LogP contribution >= 0.6 is 0 Å². The molecule has 5 heteroatoms. The number of rotatable bonds is 2. The number of methoxy groups -OCH3 is 1. The second kappa shape index (κ2) is 4.27. The van der Waals surface area contributed by atoms with E-state index in [0.29, 0.717) is 5.56 Å². The Hall–Kier alpha value is -1.62. The average molecular weight is 214 g/mol. The Morgan fingerprint density at radius 2 is 2.13 bits per heavy atom. The normalized spacial score (nSPS) is 12.3. The zero-order valence-corrected chi connectivity index (χ0v) is 8.32. The van der Waals surface area contributed by atoms with Gasteiger partial charge in [-0.3, -0.25) is 0 Å². The number of hydrogen-bond acceptors (Lipinski definition) is 4. The Morgan fingerprint density at radius 1 is 1.53 bits per heavy atom. The van der Waals surface area contributed by atoms with Crippen LogP contribution in [0.4, 0.5) is 4.39 Å². The minimum absolute atomic E-state index is 0.211. The van der Waals surface area contributed by atoms with E-state index < -0.39 is 17.9 Å². The number of phenolic OH excluding ortho intramolecular Hbond substituents is 1. The van der Waals surface area contributed by atoms with Gasteiger partial charge in [0.25, 0.3) is 0 Å². The number of carbonyl (C=O) groups excluding carboxylic acids is 1. The lowest BCUT2D eigenvalue weighted by Gasteiger charge is -2.11. The molecule has 1 atom stereocenters. The Morgan fingerprint density at radius 3 is 2.67 bits per heavy atom. The summed E-state index contributed by atoms with van der Waals surface area (Å²) >= 11 is 0. The molecule has 4 nitrogen and oxygen atoms in total. The number of aliphatic hydroxyl groups excluding tert-OH is 1. The van der Waals surface area contributed by atoms with Gasteiger partial charge in [-0.2, -0.15) is 0 Å². The monoisotopic (exact) mass is 214 g/mol. The number of carbonyl (C=O) groups is 1. The van der Waals surface area contributed by atoms with Crippen LogP contribution in [0.25, 0.3) is 0 Å². The van der Waals surface area contributed by atoms with Crippen molar-refractivity contribution in [3.8, 4) is 5.75 Å². The van der Waals surface area contributed by atoms with Crippen molar-refractivity contribution in [1.29, 1.82) is 0 Å². The zero-order chi connectivity index (χ0) is 11.6. The maximum Gasteiger partial charge on any atom is 0.339 e. The standard InChI is InChI=1S/C10H11FO4/c1-5-3-6(7(11)4-8(5)12)9(13)10(14)15-2/h3-4,9,12-13H,1-2H3. The predicted octanol–water partition coefficient (Wildman–Crippen LogP) is 1.05. The van der Waals surface area contributed by atoms with Gasteiger partial charge in [-0.1, -0.05) is 0 Å². The number of aromatic hydroxyl groups is 1. The third-order valence-corrected chi connectivity index (χ3v) is 2.03. The van der Waals surface area contributed by atoms with Crippen LogP contribution in [0, 0.1) is 12.7 Å². The minimum atomic E-state index is -1.67. The Balaban J connectivity index is 3.14. The smallest absolute Gasteiger partial charge is 0.339 e. The summed E-state index contributed by atoms with van der Waals surface area (Å²) in [6.45, 7) is 1.53. The number of phenols is 1. The molecule has 0 aliphatic rings. The van der Waals surface area contributed by atoms with Crippen LogP contribution in [0.15, 0.2) is 12.1 Å². The van der Waals surface area contributed by atoms with Gasteiger partial charge in [0, 0.05) is 11.6 Å². The molecule has 82 valence electrons. The van der Waals surface area contributed by atoms with Crippen molar-refractivity contribution in [2.75, 3.05) is 7.11 Å². The molecule has 0 amide bonds. The fourth-order valence-corrected chi connectivity index (χ4v) is 1.14. The quantitative estimate of drug-likeness (QED) is 0.722. The molecule has 0 saturated carbocycles. The maximum atomic E-state index is 13.2.